The second-order valence-electron chi connectivity index (χ2n) is 8.34. The molecular weight excluding hydrogens is 411 g/mol. The van der Waals surface area contributed by atoms with E-state index in [1.165, 1.54) is 0 Å². The van der Waals surface area contributed by atoms with Gasteiger partial charge in [0.2, 0.25) is 5.96 Å². The summed E-state index contributed by atoms with van der Waals surface area (Å²) in [5.74, 6) is 0.702. The molecule has 31 heavy (non-hydrogen) atoms. The van der Waals surface area contributed by atoms with E-state index in [0.29, 0.717) is 17.2 Å². The SMILES string of the molecule is CCC1(N)N=C(Nc2cn(C(C)(C)c3ncn(C(C)C)n3)nc2C)NC=C1C(F)(F)F. The first kappa shape index (κ1) is 22.8. The number of aliphatic imine (C=N–C) groups is 1. The highest BCUT2D eigenvalue weighted by Crippen LogP contribution is 2.36. The lowest BCUT2D eigenvalue weighted by Crippen LogP contribution is -2.51. The number of nitrogens with zero attached hydrogens (tertiary/aromatic N) is 6. The quantitative estimate of drug-likeness (QED) is 0.661. The van der Waals surface area contributed by atoms with Crippen LogP contribution in [0, 0.1) is 6.92 Å². The zero-order valence-electron chi connectivity index (χ0n) is 18.4. The van der Waals surface area contributed by atoms with Gasteiger partial charge in [-0.05, 0) is 41.0 Å². The van der Waals surface area contributed by atoms with Crippen molar-refractivity contribution >= 4 is 11.6 Å². The molecule has 0 aliphatic carbocycles. The van der Waals surface area contributed by atoms with Crippen LogP contribution in [0.4, 0.5) is 18.9 Å². The number of halogens is 3. The molecule has 3 heterocycles. The third kappa shape index (κ3) is 4.29. The van der Waals surface area contributed by atoms with Crippen molar-refractivity contribution in [3.05, 3.63) is 35.8 Å². The van der Waals surface area contributed by atoms with Crippen molar-refractivity contribution in [1.29, 1.82) is 0 Å². The summed E-state index contributed by atoms with van der Waals surface area (Å²) in [5.41, 5.74) is 3.71. The summed E-state index contributed by atoms with van der Waals surface area (Å²) in [5, 5.41) is 14.6. The van der Waals surface area contributed by atoms with Crippen LogP contribution in [0.3, 0.4) is 0 Å². The van der Waals surface area contributed by atoms with Gasteiger partial charge >= 0.3 is 6.18 Å². The molecule has 0 radical (unpaired) electrons. The van der Waals surface area contributed by atoms with Crippen LogP contribution in [-0.2, 0) is 5.54 Å². The topological polar surface area (TPSA) is 111 Å². The van der Waals surface area contributed by atoms with E-state index in [0.717, 1.165) is 6.20 Å². The molecule has 1 atom stereocenters. The van der Waals surface area contributed by atoms with Crippen molar-refractivity contribution in [3.8, 4) is 0 Å². The van der Waals surface area contributed by atoms with Gasteiger partial charge in [0.1, 0.15) is 17.5 Å². The lowest BCUT2D eigenvalue weighted by atomic mass is 9.97. The average molecular weight is 439 g/mol. The third-order valence-electron chi connectivity index (χ3n) is 5.28. The molecule has 0 saturated heterocycles. The predicted octanol–water partition coefficient (Wildman–Crippen LogP) is 3.03. The Kier molecular flexibility index (Phi) is 5.63. The van der Waals surface area contributed by atoms with E-state index in [-0.39, 0.29) is 18.4 Å². The molecule has 0 fully saturated rings. The number of guanidine groups is 1. The molecule has 12 heteroatoms. The number of aromatic nitrogens is 5. The summed E-state index contributed by atoms with van der Waals surface area (Å²) in [6, 6.07) is 0.175. The van der Waals surface area contributed by atoms with Gasteiger partial charge in [-0.2, -0.15) is 23.4 Å². The van der Waals surface area contributed by atoms with Crippen molar-refractivity contribution in [1.82, 2.24) is 29.9 Å². The van der Waals surface area contributed by atoms with E-state index in [1.54, 1.807) is 35.7 Å². The lowest BCUT2D eigenvalue weighted by molar-refractivity contribution is -0.101. The van der Waals surface area contributed by atoms with Gasteiger partial charge in [-0.3, -0.25) is 9.36 Å². The molecule has 0 aromatic carbocycles. The van der Waals surface area contributed by atoms with Crippen molar-refractivity contribution < 1.29 is 13.2 Å². The van der Waals surface area contributed by atoms with Crippen LogP contribution < -0.4 is 16.4 Å². The van der Waals surface area contributed by atoms with E-state index < -0.39 is 23.0 Å². The van der Waals surface area contributed by atoms with Crippen molar-refractivity contribution in [3.63, 3.8) is 0 Å². The summed E-state index contributed by atoms with van der Waals surface area (Å²) < 4.78 is 43.3. The molecule has 0 saturated carbocycles. The molecule has 9 nitrogen and oxygen atoms in total. The molecule has 3 rings (SSSR count). The Hall–Kier alpha value is -2.89. The van der Waals surface area contributed by atoms with Gasteiger partial charge in [0.25, 0.3) is 0 Å². The molecule has 1 unspecified atom stereocenters. The van der Waals surface area contributed by atoms with E-state index in [9.17, 15) is 13.2 Å². The normalized spacial score (nSPS) is 19.8. The molecular formula is C19H28F3N9. The maximum atomic E-state index is 13.3. The van der Waals surface area contributed by atoms with Gasteiger partial charge in [0.05, 0.1) is 17.0 Å². The Balaban J connectivity index is 1.86. The molecule has 2 aromatic heterocycles. The van der Waals surface area contributed by atoms with E-state index in [2.05, 4.69) is 30.8 Å². The molecule has 170 valence electrons. The molecule has 1 aliphatic rings. The summed E-state index contributed by atoms with van der Waals surface area (Å²) >= 11 is 0. The number of hydrogen-bond donors (Lipinski definition) is 3. The molecule has 1 aliphatic heterocycles. The fourth-order valence-corrected chi connectivity index (χ4v) is 3.12. The number of aryl methyl sites for hydroxylation is 1. The van der Waals surface area contributed by atoms with Crippen molar-refractivity contribution in [2.24, 2.45) is 10.7 Å². The Labute approximate surface area is 178 Å². The van der Waals surface area contributed by atoms with Crippen molar-refractivity contribution in [2.75, 3.05) is 5.32 Å². The lowest BCUT2D eigenvalue weighted by Gasteiger charge is -2.32. The average Bonchev–Trinajstić information content (AvgIpc) is 3.29. The van der Waals surface area contributed by atoms with Gasteiger partial charge in [-0.15, -0.1) is 0 Å². The number of nitrogens with one attached hydrogen (secondary N) is 2. The molecule has 0 bridgehead atoms. The molecule has 0 spiro atoms. The summed E-state index contributed by atoms with van der Waals surface area (Å²) in [6.45, 7) is 11.2. The summed E-state index contributed by atoms with van der Waals surface area (Å²) in [6.07, 6.45) is -0.327. The van der Waals surface area contributed by atoms with Gasteiger partial charge in [-0.1, -0.05) is 6.92 Å². The van der Waals surface area contributed by atoms with Gasteiger partial charge < -0.3 is 16.4 Å². The van der Waals surface area contributed by atoms with Gasteiger partial charge in [0, 0.05) is 18.4 Å². The summed E-state index contributed by atoms with van der Waals surface area (Å²) in [4.78, 5) is 8.49. The van der Waals surface area contributed by atoms with Crippen LogP contribution in [0.5, 0.6) is 0 Å². The minimum atomic E-state index is -4.58. The summed E-state index contributed by atoms with van der Waals surface area (Å²) in [7, 11) is 0. The van der Waals surface area contributed by atoms with Crippen LogP contribution >= 0.6 is 0 Å². The predicted molar refractivity (Wildman–Crippen MR) is 111 cm³/mol. The van der Waals surface area contributed by atoms with Crippen LogP contribution in [-0.4, -0.2) is 42.3 Å². The zero-order chi connectivity index (χ0) is 23.2. The number of rotatable bonds is 5. The maximum Gasteiger partial charge on any atom is 0.417 e. The van der Waals surface area contributed by atoms with Gasteiger partial charge in [-0.25, -0.2) is 9.98 Å². The third-order valence-corrected chi connectivity index (χ3v) is 5.28. The minimum Gasteiger partial charge on any atom is -0.332 e. The Morgan fingerprint density at radius 2 is 1.94 bits per heavy atom. The Morgan fingerprint density at radius 1 is 1.26 bits per heavy atom. The first-order chi connectivity index (χ1) is 14.3. The van der Waals surface area contributed by atoms with E-state index >= 15 is 0 Å². The highest BCUT2D eigenvalue weighted by Gasteiger charge is 2.47. The first-order valence-corrected chi connectivity index (χ1v) is 9.96. The van der Waals surface area contributed by atoms with Crippen LogP contribution in [0.15, 0.2) is 29.3 Å². The minimum absolute atomic E-state index is 0.0132. The number of nitrogens with two attached hydrogens (primary N) is 1. The zero-order valence-corrected chi connectivity index (χ0v) is 18.4. The van der Waals surface area contributed by atoms with Crippen LogP contribution in [0.2, 0.25) is 0 Å². The number of alkyl halides is 3. The highest BCUT2D eigenvalue weighted by molar-refractivity contribution is 5.95. The molecule has 2 aromatic rings. The highest BCUT2D eigenvalue weighted by atomic mass is 19.4. The maximum absolute atomic E-state index is 13.3. The van der Waals surface area contributed by atoms with Crippen LogP contribution in [0.1, 0.15) is 58.6 Å². The smallest absolute Gasteiger partial charge is 0.332 e. The van der Waals surface area contributed by atoms with Crippen LogP contribution in [0.25, 0.3) is 0 Å². The standard InChI is InChI=1S/C19H28F3N9/c1-7-18(23)14(19(20,21)22)8-24-16(27-18)26-13-9-31(28-12(13)4)17(5,6)15-25-10-30(29-15)11(2)3/h8-11H,7,23H2,1-6H3,(H2,24,26,27). The monoisotopic (exact) mass is 439 g/mol. The molecule has 4 N–H and O–H groups in total. The number of hydrogen-bond acceptors (Lipinski definition) is 7. The fourth-order valence-electron chi connectivity index (χ4n) is 3.12. The first-order valence-electron chi connectivity index (χ1n) is 9.96. The second kappa shape index (κ2) is 7.66. The van der Waals surface area contributed by atoms with E-state index in [1.807, 2.05) is 27.7 Å². The molecule has 0 amide bonds. The Morgan fingerprint density at radius 3 is 2.48 bits per heavy atom. The van der Waals surface area contributed by atoms with Gasteiger partial charge in [0.15, 0.2) is 5.82 Å². The van der Waals surface area contributed by atoms with E-state index in [4.69, 9.17) is 5.73 Å². The number of anilines is 1. The fraction of sp³-hybridized carbons (Fsp3) is 0.579. The largest absolute Gasteiger partial charge is 0.417 e. The second-order valence-corrected chi connectivity index (χ2v) is 8.34. The van der Waals surface area contributed by atoms with Crippen molar-refractivity contribution in [2.45, 2.75) is 71.4 Å². The Bertz CT molecular complexity index is 1010.